The van der Waals surface area contributed by atoms with Crippen LogP contribution in [0.5, 0.6) is 11.5 Å². The molecule has 0 aliphatic carbocycles. The van der Waals surface area contributed by atoms with Crippen LogP contribution in [0.2, 0.25) is 0 Å². The van der Waals surface area contributed by atoms with Gasteiger partial charge in [0.05, 0.1) is 11.5 Å². The lowest BCUT2D eigenvalue weighted by atomic mass is 10.2. The maximum atomic E-state index is 11.4. The van der Waals surface area contributed by atoms with Crippen molar-refractivity contribution in [3.8, 4) is 11.5 Å². The fourth-order valence-corrected chi connectivity index (χ4v) is 2.42. The molecule has 1 aromatic carbocycles. The van der Waals surface area contributed by atoms with E-state index < -0.39 is 23.5 Å². The molecule has 2 rings (SSSR count). The lowest BCUT2D eigenvalue weighted by molar-refractivity contribution is -0.305. The number of hydrogen-bond donors (Lipinski definition) is 3. The van der Waals surface area contributed by atoms with Crippen molar-refractivity contribution in [1.82, 2.24) is 5.32 Å². The minimum absolute atomic E-state index is 0.186. The van der Waals surface area contributed by atoms with Gasteiger partial charge in [-0.05, 0) is 23.8 Å². The van der Waals surface area contributed by atoms with Crippen molar-refractivity contribution in [2.45, 2.75) is 11.7 Å². The van der Waals surface area contributed by atoms with Crippen molar-refractivity contribution < 1.29 is 24.9 Å². The average Bonchev–Trinajstić information content (AvgIpc) is 2.73. The molecule has 0 saturated carbocycles. The number of hydrogen-bond acceptors (Lipinski definition) is 8. The quantitative estimate of drug-likeness (QED) is 0.377. The van der Waals surface area contributed by atoms with Crippen molar-refractivity contribution in [2.75, 3.05) is 0 Å². The SMILES string of the molecule is O=C([O-])C[C@@H]1S/C(=N\N=C\c2ccc(O)c(O)c2)NC1=O. The maximum absolute atomic E-state index is 11.4. The van der Waals surface area contributed by atoms with Crippen molar-refractivity contribution in [3.63, 3.8) is 0 Å². The standard InChI is InChI=1S/C12H11N3O5S/c16-7-2-1-6(3-8(7)17)5-13-15-12-14-11(20)9(21-12)4-10(18)19/h1-3,5,9,16-17H,4H2,(H,18,19)(H,14,15,20)/p-1/b13-5+/t9-/m0/s1. The van der Waals surface area contributed by atoms with E-state index in [-0.39, 0.29) is 16.7 Å². The molecule has 0 radical (unpaired) electrons. The zero-order chi connectivity index (χ0) is 15.4. The molecule has 1 saturated heterocycles. The van der Waals surface area contributed by atoms with Crippen LogP contribution in [0.3, 0.4) is 0 Å². The first-order valence-electron chi connectivity index (χ1n) is 5.76. The molecule has 8 nitrogen and oxygen atoms in total. The number of nitrogens with zero attached hydrogens (tertiary/aromatic N) is 2. The summed E-state index contributed by atoms with van der Waals surface area (Å²) in [5.41, 5.74) is 0.496. The van der Waals surface area contributed by atoms with Crippen molar-refractivity contribution in [2.24, 2.45) is 10.2 Å². The minimum atomic E-state index is -1.31. The summed E-state index contributed by atoms with van der Waals surface area (Å²) in [5.74, 6) is -2.31. The minimum Gasteiger partial charge on any atom is -0.550 e. The van der Waals surface area contributed by atoms with E-state index in [1.165, 1.54) is 24.4 Å². The van der Waals surface area contributed by atoms with Crippen molar-refractivity contribution >= 4 is 35.0 Å². The van der Waals surface area contributed by atoms with Crippen LogP contribution in [0.15, 0.2) is 28.4 Å². The molecule has 1 aromatic rings. The molecule has 21 heavy (non-hydrogen) atoms. The van der Waals surface area contributed by atoms with E-state index in [0.29, 0.717) is 5.56 Å². The van der Waals surface area contributed by atoms with E-state index in [2.05, 4.69) is 15.5 Å². The second-order valence-corrected chi connectivity index (χ2v) is 5.26. The molecule has 0 aromatic heterocycles. The number of aliphatic carboxylic acids is 1. The first kappa shape index (κ1) is 14.9. The third-order valence-corrected chi connectivity index (χ3v) is 3.56. The Hall–Kier alpha value is -2.55. The first-order chi connectivity index (χ1) is 9.95. The Morgan fingerprint density at radius 2 is 2.19 bits per heavy atom. The highest BCUT2D eigenvalue weighted by molar-refractivity contribution is 8.15. The molecule has 0 unspecified atom stereocenters. The van der Waals surface area contributed by atoms with Crippen LogP contribution < -0.4 is 10.4 Å². The summed E-state index contributed by atoms with van der Waals surface area (Å²) in [6.45, 7) is 0. The van der Waals surface area contributed by atoms with E-state index in [0.717, 1.165) is 11.8 Å². The zero-order valence-corrected chi connectivity index (χ0v) is 11.3. The number of phenols is 2. The van der Waals surface area contributed by atoms with E-state index >= 15 is 0 Å². The van der Waals surface area contributed by atoms with Gasteiger partial charge in [0.1, 0.15) is 0 Å². The lowest BCUT2D eigenvalue weighted by Crippen LogP contribution is -2.31. The van der Waals surface area contributed by atoms with E-state index in [4.69, 9.17) is 5.11 Å². The fraction of sp³-hybridized carbons (Fsp3) is 0.167. The van der Waals surface area contributed by atoms with Crippen LogP contribution in [0, 0.1) is 0 Å². The molecule has 1 atom stereocenters. The Labute approximate surface area is 123 Å². The van der Waals surface area contributed by atoms with Crippen LogP contribution >= 0.6 is 11.8 Å². The molecule has 1 heterocycles. The van der Waals surface area contributed by atoms with Gasteiger partial charge in [-0.25, -0.2) is 0 Å². The fourth-order valence-electron chi connectivity index (χ4n) is 1.51. The summed E-state index contributed by atoms with van der Waals surface area (Å²) in [5, 5.41) is 38.1. The van der Waals surface area contributed by atoms with E-state index in [9.17, 15) is 19.8 Å². The van der Waals surface area contributed by atoms with Crippen LogP contribution in [0.4, 0.5) is 0 Å². The van der Waals surface area contributed by atoms with Gasteiger partial charge in [0, 0.05) is 12.4 Å². The van der Waals surface area contributed by atoms with Crippen LogP contribution in [0.1, 0.15) is 12.0 Å². The third-order valence-electron chi connectivity index (χ3n) is 2.48. The molecule has 0 spiro atoms. The number of rotatable bonds is 4. The molecular formula is C12H10N3O5S-. The Balaban J connectivity index is 2.01. The smallest absolute Gasteiger partial charge is 0.239 e. The second kappa shape index (κ2) is 6.27. The van der Waals surface area contributed by atoms with Crippen LogP contribution in [0.25, 0.3) is 0 Å². The summed E-state index contributed by atoms with van der Waals surface area (Å²) >= 11 is 0.953. The number of carboxylic acids is 1. The summed E-state index contributed by atoms with van der Waals surface area (Å²) in [7, 11) is 0. The topological polar surface area (TPSA) is 134 Å². The van der Waals surface area contributed by atoms with Crippen molar-refractivity contribution in [1.29, 1.82) is 0 Å². The molecule has 1 fully saturated rings. The van der Waals surface area contributed by atoms with Gasteiger partial charge in [-0.1, -0.05) is 11.8 Å². The van der Waals surface area contributed by atoms with E-state index in [1.54, 1.807) is 0 Å². The molecule has 1 amide bonds. The molecule has 1 aliphatic heterocycles. The van der Waals surface area contributed by atoms with Gasteiger partial charge >= 0.3 is 0 Å². The van der Waals surface area contributed by atoms with Crippen LogP contribution in [-0.2, 0) is 9.59 Å². The molecule has 3 N–H and O–H groups in total. The molecular weight excluding hydrogens is 298 g/mol. The van der Waals surface area contributed by atoms with Gasteiger partial charge in [-0.15, -0.1) is 5.10 Å². The highest BCUT2D eigenvalue weighted by Gasteiger charge is 2.30. The number of amidine groups is 1. The number of amides is 1. The maximum Gasteiger partial charge on any atom is 0.239 e. The summed E-state index contributed by atoms with van der Waals surface area (Å²) in [6, 6.07) is 4.10. The Kier molecular flexibility index (Phi) is 4.43. The summed E-state index contributed by atoms with van der Waals surface area (Å²) < 4.78 is 0. The van der Waals surface area contributed by atoms with Crippen LogP contribution in [-0.4, -0.2) is 38.7 Å². The van der Waals surface area contributed by atoms with E-state index in [1.807, 2.05) is 0 Å². The first-order valence-corrected chi connectivity index (χ1v) is 6.64. The number of thioether (sulfide) groups is 1. The highest BCUT2D eigenvalue weighted by atomic mass is 32.2. The van der Waals surface area contributed by atoms with Gasteiger partial charge in [-0.2, -0.15) is 5.10 Å². The number of carboxylic acid groups (broad SMARTS) is 1. The van der Waals surface area contributed by atoms with Crippen molar-refractivity contribution in [3.05, 3.63) is 23.8 Å². The van der Waals surface area contributed by atoms with Gasteiger partial charge in [0.25, 0.3) is 0 Å². The number of aromatic hydroxyl groups is 2. The second-order valence-electron chi connectivity index (χ2n) is 4.07. The number of phenolic OH excluding ortho intramolecular Hbond substituents is 2. The average molecular weight is 308 g/mol. The Morgan fingerprint density at radius 3 is 2.86 bits per heavy atom. The highest BCUT2D eigenvalue weighted by Crippen LogP contribution is 2.24. The largest absolute Gasteiger partial charge is 0.550 e. The third kappa shape index (κ3) is 3.96. The van der Waals surface area contributed by atoms with Gasteiger partial charge in [-0.3, -0.25) is 4.79 Å². The number of carbonyl (C=O) groups excluding carboxylic acids is 2. The number of benzene rings is 1. The molecule has 110 valence electrons. The Bertz CT molecular complexity index is 644. The predicted molar refractivity (Wildman–Crippen MR) is 73.9 cm³/mol. The number of nitrogens with one attached hydrogen (secondary N) is 1. The van der Waals surface area contributed by atoms with Gasteiger partial charge in [0.15, 0.2) is 16.7 Å². The molecule has 1 aliphatic rings. The summed E-state index contributed by atoms with van der Waals surface area (Å²) in [4.78, 5) is 21.9. The van der Waals surface area contributed by atoms with Gasteiger partial charge in [0.2, 0.25) is 5.91 Å². The normalized spacial score (nSPS) is 20.1. The van der Waals surface area contributed by atoms with Gasteiger partial charge < -0.3 is 25.4 Å². The number of carbonyl (C=O) groups is 2. The predicted octanol–water partition coefficient (Wildman–Crippen LogP) is -0.841. The summed E-state index contributed by atoms with van der Waals surface area (Å²) in [6.07, 6.45) is 0.913. The monoisotopic (exact) mass is 308 g/mol. The Morgan fingerprint density at radius 1 is 1.43 bits per heavy atom. The molecule has 9 heteroatoms. The lowest BCUT2D eigenvalue weighted by Gasteiger charge is -2.04. The zero-order valence-electron chi connectivity index (χ0n) is 10.5. The molecule has 0 bridgehead atoms.